The molecule has 0 spiro atoms. The number of aromatic amines is 1. The summed E-state index contributed by atoms with van der Waals surface area (Å²) in [5.41, 5.74) is 0. The minimum Gasteiger partial charge on any atom is -0.294 e. The Balaban J connectivity index is 2.39. The minimum absolute atomic E-state index is 0.154. The zero-order valence-electron chi connectivity index (χ0n) is 10.2. The van der Waals surface area contributed by atoms with E-state index in [1.54, 1.807) is 11.3 Å². The van der Waals surface area contributed by atoms with E-state index >= 15 is 0 Å². The Morgan fingerprint density at radius 1 is 1.59 bits per heavy atom. The normalized spacial score (nSPS) is 12.9. The van der Waals surface area contributed by atoms with Crippen LogP contribution >= 0.6 is 23.6 Å². The monoisotopic (exact) mass is 268 g/mol. The first kappa shape index (κ1) is 12.4. The molecule has 2 rings (SSSR count). The van der Waals surface area contributed by atoms with Crippen molar-refractivity contribution in [1.29, 1.82) is 0 Å². The topological polar surface area (TPSA) is 46.5 Å². The molecule has 0 aliphatic rings. The van der Waals surface area contributed by atoms with Gasteiger partial charge in [0, 0.05) is 17.5 Å². The average molecular weight is 268 g/mol. The van der Waals surface area contributed by atoms with Gasteiger partial charge in [-0.25, -0.2) is 4.98 Å². The van der Waals surface area contributed by atoms with Gasteiger partial charge in [0.1, 0.15) is 10.8 Å². The van der Waals surface area contributed by atoms with Crippen LogP contribution < -0.4 is 0 Å². The van der Waals surface area contributed by atoms with Gasteiger partial charge in [0.15, 0.2) is 4.77 Å². The summed E-state index contributed by atoms with van der Waals surface area (Å²) in [6.07, 6.45) is 3.89. The molecular formula is C11H16N4S2. The lowest BCUT2D eigenvalue weighted by Crippen LogP contribution is -2.10. The van der Waals surface area contributed by atoms with Gasteiger partial charge in [-0.1, -0.05) is 6.92 Å². The molecule has 0 fully saturated rings. The van der Waals surface area contributed by atoms with Gasteiger partial charge in [0.2, 0.25) is 0 Å². The number of aromatic nitrogens is 4. The van der Waals surface area contributed by atoms with E-state index in [1.807, 2.05) is 6.20 Å². The first-order chi connectivity index (χ1) is 8.13. The minimum atomic E-state index is 0.154. The Labute approximate surface area is 110 Å². The fraction of sp³-hybridized carbons (Fsp3) is 0.545. The molecule has 0 aliphatic heterocycles. The molecule has 6 heteroatoms. The first-order valence-corrected chi connectivity index (χ1v) is 6.94. The number of nitrogens with zero attached hydrogens (tertiary/aromatic N) is 3. The van der Waals surface area contributed by atoms with Crippen LogP contribution in [0.3, 0.4) is 0 Å². The third-order valence-electron chi connectivity index (χ3n) is 2.63. The maximum atomic E-state index is 5.29. The molecule has 2 aromatic rings. The summed E-state index contributed by atoms with van der Waals surface area (Å²) in [7, 11) is 0. The van der Waals surface area contributed by atoms with Crippen LogP contribution in [-0.4, -0.2) is 19.7 Å². The quantitative estimate of drug-likeness (QED) is 0.866. The molecule has 1 atom stereocenters. The van der Waals surface area contributed by atoms with Crippen molar-refractivity contribution in [3.63, 3.8) is 0 Å². The van der Waals surface area contributed by atoms with Crippen LogP contribution in [0.25, 0.3) is 0 Å². The second-order valence-corrected chi connectivity index (χ2v) is 5.70. The Morgan fingerprint density at radius 3 is 2.94 bits per heavy atom. The van der Waals surface area contributed by atoms with Gasteiger partial charge in [-0.05, 0) is 32.5 Å². The molecule has 0 aromatic carbocycles. The zero-order chi connectivity index (χ0) is 12.4. The van der Waals surface area contributed by atoms with E-state index < -0.39 is 0 Å². The molecule has 0 bridgehead atoms. The first-order valence-electron chi connectivity index (χ1n) is 5.71. The molecule has 4 nitrogen and oxygen atoms in total. The number of thiazole rings is 1. The Morgan fingerprint density at radius 2 is 2.35 bits per heavy atom. The number of rotatable bonds is 4. The number of hydrogen-bond donors (Lipinski definition) is 1. The third-order valence-corrected chi connectivity index (χ3v) is 4.01. The molecule has 2 heterocycles. The Bertz CT molecular complexity index is 552. The van der Waals surface area contributed by atoms with Crippen molar-refractivity contribution in [1.82, 2.24) is 19.7 Å². The molecule has 0 radical (unpaired) electrons. The molecule has 0 saturated carbocycles. The second-order valence-electron chi connectivity index (χ2n) is 4.05. The van der Waals surface area contributed by atoms with E-state index in [2.05, 4.69) is 40.5 Å². The third kappa shape index (κ3) is 2.47. The van der Waals surface area contributed by atoms with Crippen molar-refractivity contribution < 1.29 is 0 Å². The molecule has 1 N–H and O–H groups in total. The molecular weight excluding hydrogens is 252 g/mol. The Kier molecular flexibility index (Phi) is 3.73. The summed E-state index contributed by atoms with van der Waals surface area (Å²) >= 11 is 7.00. The summed E-state index contributed by atoms with van der Waals surface area (Å²) in [6.45, 7) is 6.32. The van der Waals surface area contributed by atoms with Crippen molar-refractivity contribution >= 4 is 23.6 Å². The highest BCUT2D eigenvalue weighted by Crippen LogP contribution is 2.24. The van der Waals surface area contributed by atoms with Gasteiger partial charge in [-0.3, -0.25) is 9.67 Å². The van der Waals surface area contributed by atoms with Crippen LogP contribution in [0.4, 0.5) is 0 Å². The van der Waals surface area contributed by atoms with Crippen molar-refractivity contribution in [2.75, 3.05) is 0 Å². The maximum absolute atomic E-state index is 5.29. The zero-order valence-corrected chi connectivity index (χ0v) is 11.9. The van der Waals surface area contributed by atoms with Gasteiger partial charge >= 0.3 is 0 Å². The largest absolute Gasteiger partial charge is 0.294 e. The van der Waals surface area contributed by atoms with Gasteiger partial charge in [0.25, 0.3) is 0 Å². The van der Waals surface area contributed by atoms with Gasteiger partial charge < -0.3 is 0 Å². The van der Waals surface area contributed by atoms with E-state index in [1.165, 1.54) is 4.88 Å². The average Bonchev–Trinajstić information content (AvgIpc) is 2.86. The number of nitrogens with one attached hydrogen (secondary N) is 1. The fourth-order valence-electron chi connectivity index (χ4n) is 1.81. The predicted molar refractivity (Wildman–Crippen MR) is 72.1 cm³/mol. The van der Waals surface area contributed by atoms with Crippen LogP contribution in [-0.2, 0) is 6.42 Å². The lowest BCUT2D eigenvalue weighted by atomic mass is 10.3. The summed E-state index contributed by atoms with van der Waals surface area (Å²) < 4.78 is 2.74. The van der Waals surface area contributed by atoms with Crippen LogP contribution in [0.2, 0.25) is 0 Å². The van der Waals surface area contributed by atoms with Crippen molar-refractivity contribution in [3.05, 3.63) is 26.7 Å². The van der Waals surface area contributed by atoms with E-state index in [0.717, 1.165) is 23.7 Å². The molecule has 1 unspecified atom stereocenters. The highest BCUT2D eigenvalue weighted by Gasteiger charge is 2.16. The smallest absolute Gasteiger partial charge is 0.195 e. The molecule has 0 aliphatic carbocycles. The fourth-order valence-corrected chi connectivity index (χ4v) is 2.94. The standard InChI is InChI=1S/C11H16N4S2/c1-4-5-9-13-14-11(16)15(9)8(3)10-12-6-7(2)17-10/h6,8H,4-5H2,1-3H3,(H,14,16). The summed E-state index contributed by atoms with van der Waals surface area (Å²) in [6, 6.07) is 0.154. The van der Waals surface area contributed by atoms with Crippen LogP contribution in [0.1, 0.15) is 42.0 Å². The van der Waals surface area contributed by atoms with E-state index in [9.17, 15) is 0 Å². The lowest BCUT2D eigenvalue weighted by Gasteiger charge is -2.12. The molecule has 0 saturated heterocycles. The summed E-state index contributed by atoms with van der Waals surface area (Å²) in [5, 5.41) is 8.23. The highest BCUT2D eigenvalue weighted by molar-refractivity contribution is 7.71. The lowest BCUT2D eigenvalue weighted by molar-refractivity contribution is 0.586. The molecule has 2 aromatic heterocycles. The predicted octanol–water partition coefficient (Wildman–Crippen LogP) is 3.27. The summed E-state index contributed by atoms with van der Waals surface area (Å²) in [4.78, 5) is 5.64. The maximum Gasteiger partial charge on any atom is 0.195 e. The van der Waals surface area contributed by atoms with E-state index in [0.29, 0.717) is 4.77 Å². The van der Waals surface area contributed by atoms with Crippen LogP contribution in [0, 0.1) is 11.7 Å². The molecule has 92 valence electrons. The van der Waals surface area contributed by atoms with Crippen molar-refractivity contribution in [3.8, 4) is 0 Å². The van der Waals surface area contributed by atoms with Gasteiger partial charge in [-0.15, -0.1) is 11.3 Å². The van der Waals surface area contributed by atoms with Crippen molar-refractivity contribution in [2.45, 2.75) is 39.7 Å². The highest BCUT2D eigenvalue weighted by atomic mass is 32.1. The summed E-state index contributed by atoms with van der Waals surface area (Å²) in [5.74, 6) is 1.01. The Hall–Kier alpha value is -1.01. The number of hydrogen-bond acceptors (Lipinski definition) is 4. The SMILES string of the molecule is CCCc1n[nH]c(=S)n1C(C)c1ncc(C)s1. The van der Waals surface area contributed by atoms with Crippen molar-refractivity contribution in [2.24, 2.45) is 0 Å². The number of H-pyrrole nitrogens is 1. The molecule has 17 heavy (non-hydrogen) atoms. The number of aryl methyl sites for hydroxylation is 2. The second kappa shape index (κ2) is 5.10. The van der Waals surface area contributed by atoms with Crippen LogP contribution in [0.15, 0.2) is 6.20 Å². The van der Waals surface area contributed by atoms with E-state index in [-0.39, 0.29) is 6.04 Å². The van der Waals surface area contributed by atoms with Crippen LogP contribution in [0.5, 0.6) is 0 Å². The molecule has 0 amide bonds. The van der Waals surface area contributed by atoms with Gasteiger partial charge in [0.05, 0.1) is 6.04 Å². The van der Waals surface area contributed by atoms with Gasteiger partial charge in [-0.2, -0.15) is 5.10 Å². The van der Waals surface area contributed by atoms with E-state index in [4.69, 9.17) is 12.2 Å².